The number of hydrogen-bond acceptors (Lipinski definition) is 4. The highest BCUT2D eigenvalue weighted by Gasteiger charge is 2.38. The molecule has 0 N–H and O–H groups in total. The molecule has 1 heterocycles. The Labute approximate surface area is 151 Å². The summed E-state index contributed by atoms with van der Waals surface area (Å²) < 4.78 is 0. The molecule has 0 bridgehead atoms. The zero-order valence-electron chi connectivity index (χ0n) is 16.2. The Morgan fingerprint density at radius 1 is 1.20 bits per heavy atom. The van der Waals surface area contributed by atoms with Crippen molar-refractivity contribution in [2.75, 3.05) is 13.1 Å². The molecule has 0 spiro atoms. The van der Waals surface area contributed by atoms with Gasteiger partial charge in [-0.2, -0.15) is 0 Å². The van der Waals surface area contributed by atoms with Gasteiger partial charge in [-0.3, -0.25) is 0 Å². The van der Waals surface area contributed by atoms with Gasteiger partial charge < -0.3 is 9.63 Å². The van der Waals surface area contributed by atoms with Gasteiger partial charge in [0.2, 0.25) is 0 Å². The number of nitrogens with zero attached hydrogens (tertiary/aromatic N) is 1. The number of hydrogen-bond donors (Lipinski definition) is 0. The summed E-state index contributed by atoms with van der Waals surface area (Å²) >= 11 is 0. The highest BCUT2D eigenvalue weighted by molar-refractivity contribution is 5.75. The van der Waals surface area contributed by atoms with Crippen molar-refractivity contribution in [2.24, 2.45) is 5.41 Å². The van der Waals surface area contributed by atoms with Crippen LogP contribution in [0.15, 0.2) is 24.3 Å². The lowest BCUT2D eigenvalue weighted by molar-refractivity contribution is -0.207. The van der Waals surface area contributed by atoms with Crippen molar-refractivity contribution in [1.82, 2.24) is 5.06 Å². The lowest BCUT2D eigenvalue weighted by atomic mass is 9.71. The monoisotopic (exact) mass is 345 g/mol. The van der Waals surface area contributed by atoms with Gasteiger partial charge in [-0.25, -0.2) is 4.79 Å². The predicted molar refractivity (Wildman–Crippen MR) is 99.2 cm³/mol. The zero-order valence-corrected chi connectivity index (χ0v) is 16.2. The van der Waals surface area contributed by atoms with E-state index in [1.807, 2.05) is 20.8 Å². The number of carbonyl (C=O) groups is 2. The summed E-state index contributed by atoms with van der Waals surface area (Å²) in [6, 6.07) is 8.66. The maximum absolute atomic E-state index is 12.1. The first-order chi connectivity index (χ1) is 11.7. The first kappa shape index (κ1) is 19.6. The Hall–Kier alpha value is -1.68. The van der Waals surface area contributed by atoms with Crippen LogP contribution < -0.4 is 0 Å². The quantitative estimate of drug-likeness (QED) is 0.749. The number of piperidine rings is 1. The second-order valence-corrected chi connectivity index (χ2v) is 8.49. The topological polar surface area (TPSA) is 46.6 Å². The maximum Gasteiger partial charge on any atom is 0.330 e. The van der Waals surface area contributed by atoms with Crippen LogP contribution in [0, 0.1) is 5.41 Å². The van der Waals surface area contributed by atoms with Crippen molar-refractivity contribution in [3.8, 4) is 0 Å². The molecule has 1 aromatic rings. The molecule has 25 heavy (non-hydrogen) atoms. The fourth-order valence-corrected chi connectivity index (χ4v) is 3.25. The molecule has 1 aliphatic heterocycles. The molecular weight excluding hydrogens is 314 g/mol. The van der Waals surface area contributed by atoms with Crippen LogP contribution in [0.2, 0.25) is 0 Å². The lowest BCUT2D eigenvalue weighted by Crippen LogP contribution is -2.45. The van der Waals surface area contributed by atoms with Gasteiger partial charge in [-0.05, 0) is 50.7 Å². The minimum absolute atomic E-state index is 0.151. The van der Waals surface area contributed by atoms with Crippen molar-refractivity contribution < 1.29 is 14.4 Å². The zero-order chi connectivity index (χ0) is 18.7. The van der Waals surface area contributed by atoms with Crippen LogP contribution in [0.1, 0.15) is 70.9 Å². The van der Waals surface area contributed by atoms with E-state index in [9.17, 15) is 9.59 Å². The van der Waals surface area contributed by atoms with E-state index in [1.165, 1.54) is 11.1 Å². The lowest BCUT2D eigenvalue weighted by Gasteiger charge is -2.41. The summed E-state index contributed by atoms with van der Waals surface area (Å²) in [5, 5.41) is 1.75. The highest BCUT2D eigenvalue weighted by Crippen LogP contribution is 2.39. The van der Waals surface area contributed by atoms with E-state index in [0.717, 1.165) is 19.1 Å². The minimum atomic E-state index is -0.510. The average Bonchev–Trinajstić information content (AvgIpc) is 2.56. The van der Waals surface area contributed by atoms with E-state index in [-0.39, 0.29) is 11.4 Å². The Balaban J connectivity index is 2.10. The molecule has 1 aromatic carbocycles. The van der Waals surface area contributed by atoms with Gasteiger partial charge in [0.25, 0.3) is 0 Å². The van der Waals surface area contributed by atoms with E-state index in [1.54, 1.807) is 5.06 Å². The molecule has 0 aliphatic carbocycles. The Morgan fingerprint density at radius 3 is 2.20 bits per heavy atom. The van der Waals surface area contributed by atoms with Crippen LogP contribution in [0.5, 0.6) is 0 Å². The van der Waals surface area contributed by atoms with Crippen LogP contribution >= 0.6 is 0 Å². The van der Waals surface area contributed by atoms with Crippen molar-refractivity contribution in [2.45, 2.75) is 65.2 Å². The second kappa shape index (κ2) is 7.69. The molecule has 4 nitrogen and oxygen atoms in total. The van der Waals surface area contributed by atoms with E-state index >= 15 is 0 Å². The molecular formula is C21H31NO3. The van der Waals surface area contributed by atoms with Crippen LogP contribution in [0.3, 0.4) is 0 Å². The fraction of sp³-hybridized carbons (Fsp3) is 0.619. The Bertz CT molecular complexity index is 591. The van der Waals surface area contributed by atoms with Gasteiger partial charge in [-0.15, -0.1) is 5.06 Å². The van der Waals surface area contributed by atoms with E-state index in [4.69, 9.17) is 4.84 Å². The molecule has 0 amide bonds. The molecule has 0 radical (unpaired) electrons. The molecule has 1 saturated heterocycles. The van der Waals surface area contributed by atoms with Crippen molar-refractivity contribution >= 4 is 12.3 Å². The molecule has 0 aromatic heterocycles. The van der Waals surface area contributed by atoms with Crippen molar-refractivity contribution in [1.29, 1.82) is 0 Å². The van der Waals surface area contributed by atoms with Crippen molar-refractivity contribution in [3.05, 3.63) is 35.4 Å². The molecule has 0 atom stereocenters. The number of carbonyl (C=O) groups excluding carboxylic acids is 2. The summed E-state index contributed by atoms with van der Waals surface area (Å²) in [6.45, 7) is 11.2. The molecule has 1 fully saturated rings. The van der Waals surface area contributed by atoms with Gasteiger partial charge in [0.1, 0.15) is 6.29 Å². The normalized spacial score (nSPS) is 18.2. The van der Waals surface area contributed by atoms with Gasteiger partial charge in [0, 0.05) is 24.9 Å². The third-order valence-electron chi connectivity index (χ3n) is 5.17. The third kappa shape index (κ3) is 4.69. The van der Waals surface area contributed by atoms with Crippen LogP contribution in [0.25, 0.3) is 0 Å². The first-order valence-electron chi connectivity index (χ1n) is 9.19. The molecule has 2 rings (SSSR count). The van der Waals surface area contributed by atoms with Crippen LogP contribution in [-0.2, 0) is 19.8 Å². The summed E-state index contributed by atoms with van der Waals surface area (Å²) in [7, 11) is 0. The summed E-state index contributed by atoms with van der Waals surface area (Å²) in [5.41, 5.74) is 1.86. The SMILES string of the molecule is CC(C)c1ccc(C2(CC=O)CCN(OC(=O)C(C)(C)C)CC2)cc1. The Kier molecular flexibility index (Phi) is 6.04. The van der Waals surface area contributed by atoms with Gasteiger partial charge in [0.05, 0.1) is 5.41 Å². The molecule has 0 unspecified atom stereocenters. The number of benzene rings is 1. The number of hydroxylamine groups is 2. The largest absolute Gasteiger partial charge is 0.367 e. The number of rotatable bonds is 5. The van der Waals surface area contributed by atoms with E-state index in [2.05, 4.69) is 38.1 Å². The number of aldehydes is 1. The second-order valence-electron chi connectivity index (χ2n) is 8.49. The molecule has 1 aliphatic rings. The average molecular weight is 345 g/mol. The van der Waals surface area contributed by atoms with Gasteiger partial charge in [-0.1, -0.05) is 38.1 Å². The summed E-state index contributed by atoms with van der Waals surface area (Å²) in [5.74, 6) is 0.284. The fourth-order valence-electron chi connectivity index (χ4n) is 3.25. The summed E-state index contributed by atoms with van der Waals surface area (Å²) in [6.07, 6.45) is 3.15. The van der Waals surface area contributed by atoms with E-state index < -0.39 is 5.41 Å². The first-order valence-corrected chi connectivity index (χ1v) is 9.19. The molecule has 138 valence electrons. The molecule has 4 heteroatoms. The minimum Gasteiger partial charge on any atom is -0.367 e. The van der Waals surface area contributed by atoms with Gasteiger partial charge in [0.15, 0.2) is 0 Å². The van der Waals surface area contributed by atoms with Gasteiger partial charge >= 0.3 is 5.97 Å². The summed E-state index contributed by atoms with van der Waals surface area (Å²) in [4.78, 5) is 28.9. The molecule has 0 saturated carbocycles. The standard InChI is InChI=1S/C21H31NO3/c1-16(2)17-6-8-18(9-7-17)21(12-15-23)10-13-22(14-11-21)25-19(24)20(3,4)5/h6-9,15-16H,10-14H2,1-5H3. The van der Waals surface area contributed by atoms with E-state index in [0.29, 0.717) is 25.4 Å². The predicted octanol–water partition coefficient (Wildman–Crippen LogP) is 4.24. The highest BCUT2D eigenvalue weighted by atomic mass is 16.7. The van der Waals surface area contributed by atoms with Crippen LogP contribution in [0.4, 0.5) is 0 Å². The smallest absolute Gasteiger partial charge is 0.330 e. The maximum atomic E-state index is 12.1. The Morgan fingerprint density at radius 2 is 1.76 bits per heavy atom. The third-order valence-corrected chi connectivity index (χ3v) is 5.17. The van der Waals surface area contributed by atoms with Crippen LogP contribution in [-0.4, -0.2) is 30.4 Å². The van der Waals surface area contributed by atoms with Crippen molar-refractivity contribution in [3.63, 3.8) is 0 Å².